The average molecular weight is 254 g/mol. The van der Waals surface area contributed by atoms with Gasteiger partial charge in [0.2, 0.25) is 5.91 Å². The van der Waals surface area contributed by atoms with Gasteiger partial charge in [-0.15, -0.1) is 0 Å². The summed E-state index contributed by atoms with van der Waals surface area (Å²) in [4.78, 5) is 21.5. The molecule has 0 radical (unpaired) electrons. The number of allylic oxidation sites excluding steroid dienone is 1. The van der Waals surface area contributed by atoms with E-state index in [1.165, 1.54) is 0 Å². The number of benzene rings is 1. The Balaban J connectivity index is 2.63. The molecule has 1 amide bonds. The highest BCUT2D eigenvalue weighted by atomic mass is 35.5. The Morgan fingerprint density at radius 1 is 1.35 bits per heavy atom. The van der Waals surface area contributed by atoms with Crippen LogP contribution in [0.25, 0.3) is 6.08 Å². The molecule has 0 aliphatic rings. The summed E-state index contributed by atoms with van der Waals surface area (Å²) >= 11 is 5.72. The summed E-state index contributed by atoms with van der Waals surface area (Å²) in [5.41, 5.74) is 5.84. The number of nitrogens with two attached hydrogens (primary N) is 1. The molecular weight excluding hydrogens is 242 g/mol. The largest absolute Gasteiger partial charge is 0.481 e. The van der Waals surface area contributed by atoms with Crippen LogP contribution < -0.4 is 5.73 Å². The summed E-state index contributed by atoms with van der Waals surface area (Å²) < 4.78 is 0. The Kier molecular flexibility index (Phi) is 4.72. The van der Waals surface area contributed by atoms with Gasteiger partial charge in [-0.2, -0.15) is 0 Å². The van der Waals surface area contributed by atoms with E-state index in [9.17, 15) is 9.59 Å². The number of carboxylic acids is 1. The fourth-order valence-corrected chi connectivity index (χ4v) is 1.38. The number of aliphatic carboxylic acids is 1. The van der Waals surface area contributed by atoms with Crippen molar-refractivity contribution in [2.75, 3.05) is 0 Å². The first-order valence-electron chi connectivity index (χ1n) is 4.95. The van der Waals surface area contributed by atoms with Crippen molar-refractivity contribution in [3.05, 3.63) is 40.9 Å². The van der Waals surface area contributed by atoms with Gasteiger partial charge in [0.05, 0.1) is 0 Å². The minimum absolute atomic E-state index is 0.0767. The lowest BCUT2D eigenvalue weighted by Crippen LogP contribution is -2.29. The van der Waals surface area contributed by atoms with Crippen LogP contribution in [0, 0.1) is 5.92 Å². The third-order valence-corrected chi connectivity index (χ3v) is 2.45. The maximum Gasteiger partial charge on any atom is 0.316 e. The van der Waals surface area contributed by atoms with Gasteiger partial charge in [-0.3, -0.25) is 9.59 Å². The predicted molar refractivity (Wildman–Crippen MR) is 65.4 cm³/mol. The zero-order valence-corrected chi connectivity index (χ0v) is 9.72. The lowest BCUT2D eigenvalue weighted by Gasteiger charge is -2.03. The second-order valence-corrected chi connectivity index (χ2v) is 3.92. The molecule has 5 heteroatoms. The van der Waals surface area contributed by atoms with E-state index in [0.29, 0.717) is 5.02 Å². The van der Waals surface area contributed by atoms with Crippen LogP contribution in [0.5, 0.6) is 0 Å². The standard InChI is InChI=1S/C12H12ClNO3/c13-9-6-4-8(5-7-9)2-1-3-10(11(14)15)12(16)17/h1-2,4-7,10H,3H2,(H2,14,15)(H,16,17). The van der Waals surface area contributed by atoms with Crippen molar-refractivity contribution in [3.63, 3.8) is 0 Å². The summed E-state index contributed by atoms with van der Waals surface area (Å²) in [6.07, 6.45) is 3.40. The van der Waals surface area contributed by atoms with Gasteiger partial charge < -0.3 is 10.8 Å². The second-order valence-electron chi connectivity index (χ2n) is 3.48. The lowest BCUT2D eigenvalue weighted by atomic mass is 10.0. The van der Waals surface area contributed by atoms with Gasteiger partial charge >= 0.3 is 5.97 Å². The van der Waals surface area contributed by atoms with Gasteiger partial charge in [0, 0.05) is 5.02 Å². The zero-order chi connectivity index (χ0) is 12.8. The number of carbonyl (C=O) groups is 2. The van der Waals surface area contributed by atoms with Crippen molar-refractivity contribution in [1.82, 2.24) is 0 Å². The normalized spacial score (nSPS) is 12.5. The molecule has 1 aromatic rings. The van der Waals surface area contributed by atoms with Gasteiger partial charge in [0.15, 0.2) is 0 Å². The molecule has 1 aromatic carbocycles. The molecular formula is C12H12ClNO3. The van der Waals surface area contributed by atoms with Gasteiger partial charge in [-0.1, -0.05) is 35.9 Å². The van der Waals surface area contributed by atoms with Crippen molar-refractivity contribution in [3.8, 4) is 0 Å². The summed E-state index contributed by atoms with van der Waals surface area (Å²) in [6, 6.07) is 7.03. The first kappa shape index (κ1) is 13.3. The molecule has 0 bridgehead atoms. The van der Waals surface area contributed by atoms with E-state index in [1.807, 2.05) is 0 Å². The summed E-state index contributed by atoms with van der Waals surface area (Å²) in [5, 5.41) is 9.35. The minimum Gasteiger partial charge on any atom is -0.481 e. The molecule has 0 heterocycles. The van der Waals surface area contributed by atoms with Crippen LogP contribution in [-0.2, 0) is 9.59 Å². The van der Waals surface area contributed by atoms with Crippen LogP contribution in [0.4, 0.5) is 0 Å². The molecule has 90 valence electrons. The van der Waals surface area contributed by atoms with Crippen LogP contribution in [0.1, 0.15) is 12.0 Å². The average Bonchev–Trinajstić information content (AvgIpc) is 2.25. The first-order valence-corrected chi connectivity index (χ1v) is 5.32. The van der Waals surface area contributed by atoms with E-state index in [1.54, 1.807) is 36.4 Å². The van der Waals surface area contributed by atoms with Crippen LogP contribution in [0.15, 0.2) is 30.3 Å². The van der Waals surface area contributed by atoms with E-state index in [0.717, 1.165) is 5.56 Å². The molecule has 1 rings (SSSR count). The van der Waals surface area contributed by atoms with Crippen molar-refractivity contribution in [2.45, 2.75) is 6.42 Å². The van der Waals surface area contributed by atoms with Gasteiger partial charge in [0.25, 0.3) is 0 Å². The number of hydrogen-bond acceptors (Lipinski definition) is 2. The highest BCUT2D eigenvalue weighted by Gasteiger charge is 2.21. The molecule has 4 nitrogen and oxygen atoms in total. The maximum atomic E-state index is 10.8. The molecule has 0 spiro atoms. The fraction of sp³-hybridized carbons (Fsp3) is 0.167. The molecule has 0 fully saturated rings. The van der Waals surface area contributed by atoms with Crippen LogP contribution in [0.2, 0.25) is 5.02 Å². The topological polar surface area (TPSA) is 80.4 Å². The van der Waals surface area contributed by atoms with E-state index in [2.05, 4.69) is 0 Å². The summed E-state index contributed by atoms with van der Waals surface area (Å²) in [5.74, 6) is -3.23. The van der Waals surface area contributed by atoms with E-state index in [4.69, 9.17) is 22.4 Å². The molecule has 0 aliphatic heterocycles. The molecule has 1 atom stereocenters. The molecule has 17 heavy (non-hydrogen) atoms. The Bertz CT molecular complexity index is 426. The number of carboxylic acid groups (broad SMARTS) is 1. The van der Waals surface area contributed by atoms with Gasteiger partial charge in [-0.05, 0) is 24.1 Å². The van der Waals surface area contributed by atoms with Gasteiger partial charge in [-0.25, -0.2) is 0 Å². The Morgan fingerprint density at radius 2 is 1.94 bits per heavy atom. The first-order chi connectivity index (χ1) is 8.00. The van der Waals surface area contributed by atoms with Crippen LogP contribution >= 0.6 is 11.6 Å². The van der Waals surface area contributed by atoms with E-state index >= 15 is 0 Å². The van der Waals surface area contributed by atoms with E-state index in [-0.39, 0.29) is 6.42 Å². The minimum atomic E-state index is -1.21. The molecule has 0 aromatic heterocycles. The number of primary amides is 1. The molecule has 0 saturated carbocycles. The number of hydrogen-bond donors (Lipinski definition) is 2. The highest BCUT2D eigenvalue weighted by molar-refractivity contribution is 6.30. The predicted octanol–water partition coefficient (Wildman–Crippen LogP) is 1.93. The van der Waals surface area contributed by atoms with E-state index < -0.39 is 17.8 Å². The Morgan fingerprint density at radius 3 is 2.41 bits per heavy atom. The van der Waals surface area contributed by atoms with Crippen molar-refractivity contribution in [1.29, 1.82) is 0 Å². The molecule has 3 N–H and O–H groups in total. The second kappa shape index (κ2) is 6.06. The van der Waals surface area contributed by atoms with Gasteiger partial charge in [0.1, 0.15) is 5.92 Å². The number of halogens is 1. The SMILES string of the molecule is NC(=O)C(CC=Cc1ccc(Cl)cc1)C(=O)O. The highest BCUT2D eigenvalue weighted by Crippen LogP contribution is 2.12. The fourth-order valence-electron chi connectivity index (χ4n) is 1.25. The number of amides is 1. The lowest BCUT2D eigenvalue weighted by molar-refractivity contribution is -0.145. The van der Waals surface area contributed by atoms with Crippen LogP contribution in [0.3, 0.4) is 0 Å². The monoisotopic (exact) mass is 253 g/mol. The van der Waals surface area contributed by atoms with Crippen molar-refractivity contribution < 1.29 is 14.7 Å². The summed E-state index contributed by atoms with van der Waals surface area (Å²) in [7, 11) is 0. The molecule has 0 aliphatic carbocycles. The smallest absolute Gasteiger partial charge is 0.316 e. The maximum absolute atomic E-state index is 10.8. The Labute approximate surface area is 104 Å². The number of carbonyl (C=O) groups excluding carboxylic acids is 1. The zero-order valence-electron chi connectivity index (χ0n) is 8.97. The molecule has 1 unspecified atom stereocenters. The third-order valence-electron chi connectivity index (χ3n) is 2.19. The van der Waals surface area contributed by atoms with Crippen molar-refractivity contribution >= 4 is 29.6 Å². The number of rotatable bonds is 5. The van der Waals surface area contributed by atoms with Crippen LogP contribution in [-0.4, -0.2) is 17.0 Å². The molecule has 0 saturated heterocycles. The van der Waals surface area contributed by atoms with Crippen molar-refractivity contribution in [2.24, 2.45) is 11.7 Å². The summed E-state index contributed by atoms with van der Waals surface area (Å²) in [6.45, 7) is 0. The quantitative estimate of drug-likeness (QED) is 0.787. The third kappa shape index (κ3) is 4.28. The Hall–Kier alpha value is -1.81.